The molecule has 4 aromatic rings. The van der Waals surface area contributed by atoms with Crippen LogP contribution < -0.4 is 9.64 Å². The standard InChI is InChI=1S/C20H17N5O2S/c1-12(26)24-8-9-25-19(13-6-7-14-16(10-13)28-11-21-14)18(23-20(24)25)15-4-3-5-17(22-15)27-2/h3-7,10-11H,8-9H2,1-2H3. The number of imidazole rings is 1. The van der Waals surface area contributed by atoms with E-state index in [0.717, 1.165) is 27.2 Å². The fraction of sp³-hybridized carbons (Fsp3) is 0.200. The molecule has 4 heterocycles. The van der Waals surface area contributed by atoms with E-state index in [1.165, 1.54) is 0 Å². The molecule has 1 aromatic carbocycles. The number of pyridine rings is 1. The summed E-state index contributed by atoms with van der Waals surface area (Å²) in [7, 11) is 1.59. The van der Waals surface area contributed by atoms with Gasteiger partial charge in [0.25, 0.3) is 0 Å². The number of aromatic nitrogens is 4. The Hall–Kier alpha value is -3.26. The first-order valence-electron chi connectivity index (χ1n) is 8.89. The molecule has 5 rings (SSSR count). The average molecular weight is 391 g/mol. The third kappa shape index (κ3) is 2.56. The smallest absolute Gasteiger partial charge is 0.226 e. The van der Waals surface area contributed by atoms with E-state index >= 15 is 0 Å². The van der Waals surface area contributed by atoms with E-state index in [9.17, 15) is 4.79 Å². The summed E-state index contributed by atoms with van der Waals surface area (Å²) in [5.74, 6) is 1.17. The first kappa shape index (κ1) is 16.9. The third-order valence-electron chi connectivity index (χ3n) is 4.90. The van der Waals surface area contributed by atoms with E-state index in [0.29, 0.717) is 30.6 Å². The number of rotatable bonds is 3. The van der Waals surface area contributed by atoms with Crippen LogP contribution in [0.15, 0.2) is 41.9 Å². The molecular weight excluding hydrogens is 374 g/mol. The molecule has 0 saturated carbocycles. The number of hydrogen-bond donors (Lipinski definition) is 0. The summed E-state index contributed by atoms with van der Waals surface area (Å²) in [5.41, 5.74) is 6.25. The van der Waals surface area contributed by atoms with Gasteiger partial charge in [0, 0.05) is 31.6 Å². The molecule has 0 N–H and O–H groups in total. The van der Waals surface area contributed by atoms with Gasteiger partial charge < -0.3 is 9.30 Å². The number of thiazole rings is 1. The predicted molar refractivity (Wildman–Crippen MR) is 109 cm³/mol. The Balaban J connectivity index is 1.76. The molecule has 3 aromatic heterocycles. The van der Waals surface area contributed by atoms with Crippen molar-refractivity contribution in [3.8, 4) is 28.5 Å². The first-order chi connectivity index (χ1) is 13.7. The summed E-state index contributed by atoms with van der Waals surface area (Å²) in [6, 6.07) is 11.8. The number of amides is 1. The van der Waals surface area contributed by atoms with Gasteiger partial charge in [-0.15, -0.1) is 11.3 Å². The molecule has 0 aliphatic carbocycles. The minimum atomic E-state index is -0.0154. The Morgan fingerprint density at radius 3 is 2.89 bits per heavy atom. The molecule has 140 valence electrons. The molecule has 8 heteroatoms. The van der Waals surface area contributed by atoms with Gasteiger partial charge in [-0.25, -0.2) is 15.0 Å². The van der Waals surface area contributed by atoms with Crippen LogP contribution in [0.4, 0.5) is 5.95 Å². The molecule has 1 aliphatic rings. The van der Waals surface area contributed by atoms with Crippen molar-refractivity contribution >= 4 is 33.4 Å². The zero-order chi connectivity index (χ0) is 19.3. The van der Waals surface area contributed by atoms with E-state index in [1.54, 1.807) is 36.3 Å². The highest BCUT2D eigenvalue weighted by Gasteiger charge is 2.30. The lowest BCUT2D eigenvalue weighted by atomic mass is 10.1. The van der Waals surface area contributed by atoms with E-state index < -0.39 is 0 Å². The minimum absolute atomic E-state index is 0.0154. The average Bonchev–Trinajstić information content (AvgIpc) is 3.41. The van der Waals surface area contributed by atoms with Gasteiger partial charge >= 0.3 is 0 Å². The van der Waals surface area contributed by atoms with Crippen molar-refractivity contribution in [1.29, 1.82) is 0 Å². The maximum Gasteiger partial charge on any atom is 0.226 e. The van der Waals surface area contributed by atoms with Crippen LogP contribution in [0.25, 0.3) is 32.9 Å². The van der Waals surface area contributed by atoms with E-state index in [1.807, 2.05) is 29.8 Å². The van der Waals surface area contributed by atoms with Gasteiger partial charge in [-0.05, 0) is 18.2 Å². The second kappa shape index (κ2) is 6.42. The topological polar surface area (TPSA) is 73.1 Å². The van der Waals surface area contributed by atoms with Gasteiger partial charge in [-0.1, -0.05) is 12.1 Å². The maximum atomic E-state index is 12.1. The fourth-order valence-electron chi connectivity index (χ4n) is 3.59. The molecule has 0 bridgehead atoms. The summed E-state index contributed by atoms with van der Waals surface area (Å²) in [4.78, 5) is 27.5. The number of anilines is 1. The van der Waals surface area contributed by atoms with Crippen LogP contribution >= 0.6 is 11.3 Å². The van der Waals surface area contributed by atoms with Crippen LogP contribution in [0, 0.1) is 0 Å². The summed E-state index contributed by atoms with van der Waals surface area (Å²) >= 11 is 1.60. The van der Waals surface area contributed by atoms with Gasteiger partial charge in [0.1, 0.15) is 5.69 Å². The molecule has 0 spiro atoms. The van der Waals surface area contributed by atoms with Crippen LogP contribution in [-0.2, 0) is 11.3 Å². The van der Waals surface area contributed by atoms with Crippen LogP contribution in [0.5, 0.6) is 5.88 Å². The molecular formula is C20H17N5O2S. The van der Waals surface area contributed by atoms with Crippen LogP contribution in [0.1, 0.15) is 6.92 Å². The molecule has 0 atom stereocenters. The number of fused-ring (bicyclic) bond motifs is 2. The number of benzene rings is 1. The molecule has 0 unspecified atom stereocenters. The van der Waals surface area contributed by atoms with Crippen molar-refractivity contribution in [1.82, 2.24) is 19.5 Å². The summed E-state index contributed by atoms with van der Waals surface area (Å²) in [6.45, 7) is 2.89. The Labute approximate surface area is 165 Å². The Bertz CT molecular complexity index is 1210. The minimum Gasteiger partial charge on any atom is -0.481 e. The lowest BCUT2D eigenvalue weighted by Gasteiger charge is -2.09. The normalized spacial score (nSPS) is 13.1. The second-order valence-corrected chi connectivity index (χ2v) is 7.42. The second-order valence-electron chi connectivity index (χ2n) is 6.53. The zero-order valence-corrected chi connectivity index (χ0v) is 16.2. The number of carbonyl (C=O) groups is 1. The Kier molecular flexibility index (Phi) is 3.87. The lowest BCUT2D eigenvalue weighted by molar-refractivity contribution is -0.116. The van der Waals surface area contributed by atoms with E-state index in [-0.39, 0.29) is 5.91 Å². The van der Waals surface area contributed by atoms with Crippen LogP contribution in [0.3, 0.4) is 0 Å². The molecule has 1 amide bonds. The predicted octanol–water partition coefficient (Wildman–Crippen LogP) is 3.60. The first-order valence-corrected chi connectivity index (χ1v) is 9.77. The number of ether oxygens (including phenoxy) is 1. The molecule has 0 fully saturated rings. The van der Waals surface area contributed by atoms with Crippen molar-refractivity contribution in [3.05, 3.63) is 41.9 Å². The van der Waals surface area contributed by atoms with Crippen LogP contribution in [0.2, 0.25) is 0 Å². The van der Waals surface area contributed by atoms with Gasteiger partial charge in [0.2, 0.25) is 17.7 Å². The number of nitrogens with zero attached hydrogens (tertiary/aromatic N) is 5. The van der Waals surface area contributed by atoms with Crippen molar-refractivity contribution in [3.63, 3.8) is 0 Å². The molecule has 7 nitrogen and oxygen atoms in total. The summed E-state index contributed by atoms with van der Waals surface area (Å²) in [5, 5.41) is 0. The van der Waals surface area contributed by atoms with Gasteiger partial charge in [0.05, 0.1) is 34.2 Å². The SMILES string of the molecule is COc1cccc(-c2nc3n(c2-c2ccc4ncsc4c2)CCN3C(C)=O)n1. The van der Waals surface area contributed by atoms with Crippen molar-refractivity contribution in [2.45, 2.75) is 13.5 Å². The highest BCUT2D eigenvalue weighted by atomic mass is 32.1. The van der Waals surface area contributed by atoms with Crippen molar-refractivity contribution in [2.75, 3.05) is 18.6 Å². The number of methoxy groups -OCH3 is 1. The monoisotopic (exact) mass is 391 g/mol. The quantitative estimate of drug-likeness (QED) is 0.534. The van der Waals surface area contributed by atoms with Gasteiger partial charge in [0.15, 0.2) is 0 Å². The number of carbonyl (C=O) groups excluding carboxylic acids is 1. The highest BCUT2D eigenvalue weighted by molar-refractivity contribution is 7.16. The fourth-order valence-corrected chi connectivity index (χ4v) is 4.31. The molecule has 28 heavy (non-hydrogen) atoms. The van der Waals surface area contributed by atoms with Gasteiger partial charge in [-0.3, -0.25) is 9.69 Å². The summed E-state index contributed by atoms with van der Waals surface area (Å²) in [6.07, 6.45) is 0. The van der Waals surface area contributed by atoms with E-state index in [2.05, 4.69) is 20.6 Å². The Morgan fingerprint density at radius 2 is 2.07 bits per heavy atom. The van der Waals surface area contributed by atoms with Crippen molar-refractivity contribution in [2.24, 2.45) is 0 Å². The zero-order valence-electron chi connectivity index (χ0n) is 15.4. The largest absolute Gasteiger partial charge is 0.481 e. The third-order valence-corrected chi connectivity index (χ3v) is 5.69. The highest BCUT2D eigenvalue weighted by Crippen LogP contribution is 2.39. The molecule has 0 saturated heterocycles. The maximum absolute atomic E-state index is 12.1. The lowest BCUT2D eigenvalue weighted by Crippen LogP contribution is -2.26. The molecule has 0 radical (unpaired) electrons. The van der Waals surface area contributed by atoms with Gasteiger partial charge in [-0.2, -0.15) is 0 Å². The Morgan fingerprint density at radius 1 is 1.18 bits per heavy atom. The molecule has 1 aliphatic heterocycles. The summed E-state index contributed by atoms with van der Waals surface area (Å²) < 4.78 is 8.50. The number of hydrogen-bond acceptors (Lipinski definition) is 6. The van der Waals surface area contributed by atoms with Crippen molar-refractivity contribution < 1.29 is 9.53 Å². The van der Waals surface area contributed by atoms with Crippen LogP contribution in [-0.4, -0.2) is 39.1 Å². The van der Waals surface area contributed by atoms with E-state index in [4.69, 9.17) is 9.72 Å².